The third kappa shape index (κ3) is 2.72. The van der Waals surface area contributed by atoms with E-state index in [2.05, 4.69) is 37.4 Å². The molecular weight excluding hydrogens is 312 g/mol. The summed E-state index contributed by atoms with van der Waals surface area (Å²) < 4.78 is 0. The van der Waals surface area contributed by atoms with Gasteiger partial charge in [0.25, 0.3) is 11.8 Å². The van der Waals surface area contributed by atoms with Crippen LogP contribution in [0.5, 0.6) is 0 Å². The number of carbonyl (C=O) groups is 2. The van der Waals surface area contributed by atoms with E-state index >= 15 is 0 Å². The molecule has 0 radical (unpaired) electrons. The van der Waals surface area contributed by atoms with Crippen molar-refractivity contribution in [3.63, 3.8) is 0 Å². The van der Waals surface area contributed by atoms with Crippen molar-refractivity contribution >= 4 is 11.8 Å². The van der Waals surface area contributed by atoms with Crippen LogP contribution in [0.4, 0.5) is 0 Å². The van der Waals surface area contributed by atoms with Crippen LogP contribution in [0.3, 0.4) is 0 Å². The monoisotopic (exact) mass is 334 g/mol. The average Bonchev–Trinajstić information content (AvgIpc) is 3.00. The van der Waals surface area contributed by atoms with Crippen molar-refractivity contribution in [3.8, 4) is 0 Å². The van der Waals surface area contributed by atoms with Gasteiger partial charge < -0.3 is 10.2 Å². The van der Waals surface area contributed by atoms with Crippen LogP contribution in [0.1, 0.15) is 51.3 Å². The summed E-state index contributed by atoms with van der Waals surface area (Å²) in [5, 5.41) is 2.81. The summed E-state index contributed by atoms with van der Waals surface area (Å²) in [5.41, 5.74) is 4.83. The van der Waals surface area contributed by atoms with Gasteiger partial charge in [0.15, 0.2) is 0 Å². The maximum atomic E-state index is 13.2. The molecule has 1 atom stereocenters. The van der Waals surface area contributed by atoms with E-state index in [1.165, 1.54) is 11.1 Å². The lowest BCUT2D eigenvalue weighted by molar-refractivity contribution is 0.0579. The zero-order chi connectivity index (χ0) is 17.6. The highest BCUT2D eigenvalue weighted by atomic mass is 16.2. The van der Waals surface area contributed by atoms with Crippen LogP contribution in [-0.4, -0.2) is 22.8 Å². The fraction of sp³-hybridized carbons (Fsp3) is 0.333. The van der Waals surface area contributed by atoms with E-state index in [9.17, 15) is 9.59 Å². The van der Waals surface area contributed by atoms with Gasteiger partial charge in [-0.05, 0) is 47.2 Å². The SMILES string of the molecule is CC(C)[C@H]1Cc2ccccc2CN1C(=O)c1ccc2c(c1)CNC2=O. The lowest BCUT2D eigenvalue weighted by Gasteiger charge is -2.39. The first-order chi connectivity index (χ1) is 12.0. The summed E-state index contributed by atoms with van der Waals surface area (Å²) in [6.07, 6.45) is 0.893. The number of nitrogens with zero attached hydrogens (tertiary/aromatic N) is 1. The molecule has 4 heteroatoms. The molecule has 0 fully saturated rings. The molecule has 0 saturated heterocycles. The van der Waals surface area contributed by atoms with Crippen molar-refractivity contribution in [2.45, 2.75) is 39.4 Å². The molecular formula is C21H22N2O2. The molecule has 0 aliphatic carbocycles. The van der Waals surface area contributed by atoms with Crippen LogP contribution in [0, 0.1) is 5.92 Å². The average molecular weight is 334 g/mol. The summed E-state index contributed by atoms with van der Waals surface area (Å²) in [5.74, 6) is 0.381. The Morgan fingerprint density at radius 3 is 2.64 bits per heavy atom. The molecule has 2 aliphatic rings. The number of rotatable bonds is 2. The topological polar surface area (TPSA) is 49.4 Å². The third-order valence-corrected chi connectivity index (χ3v) is 5.36. The first kappa shape index (κ1) is 15.9. The minimum atomic E-state index is -0.0547. The number of benzene rings is 2. The van der Waals surface area contributed by atoms with Crippen LogP contribution in [0.2, 0.25) is 0 Å². The van der Waals surface area contributed by atoms with Crippen molar-refractivity contribution in [1.82, 2.24) is 10.2 Å². The van der Waals surface area contributed by atoms with Gasteiger partial charge in [0.1, 0.15) is 0 Å². The molecule has 2 heterocycles. The predicted molar refractivity (Wildman–Crippen MR) is 96.3 cm³/mol. The maximum absolute atomic E-state index is 13.2. The first-order valence-electron chi connectivity index (χ1n) is 8.83. The van der Waals surface area contributed by atoms with Gasteiger partial charge in [-0.3, -0.25) is 9.59 Å². The van der Waals surface area contributed by atoms with Gasteiger partial charge in [0.05, 0.1) is 0 Å². The molecule has 4 nitrogen and oxygen atoms in total. The van der Waals surface area contributed by atoms with E-state index < -0.39 is 0 Å². The van der Waals surface area contributed by atoms with E-state index in [4.69, 9.17) is 0 Å². The van der Waals surface area contributed by atoms with Crippen molar-refractivity contribution in [1.29, 1.82) is 0 Å². The fourth-order valence-corrected chi connectivity index (χ4v) is 3.90. The van der Waals surface area contributed by atoms with Crippen LogP contribution < -0.4 is 5.32 Å². The van der Waals surface area contributed by atoms with Crippen LogP contribution in [0.25, 0.3) is 0 Å². The molecule has 1 N–H and O–H groups in total. The quantitative estimate of drug-likeness (QED) is 0.917. The summed E-state index contributed by atoms with van der Waals surface area (Å²) in [6, 6.07) is 14.0. The smallest absolute Gasteiger partial charge is 0.254 e. The van der Waals surface area contributed by atoms with E-state index in [1.54, 1.807) is 12.1 Å². The molecule has 0 spiro atoms. The summed E-state index contributed by atoms with van der Waals surface area (Å²) in [4.78, 5) is 26.9. The highest BCUT2D eigenvalue weighted by molar-refractivity contribution is 6.01. The van der Waals surface area contributed by atoms with Gasteiger partial charge in [-0.15, -0.1) is 0 Å². The Labute approximate surface area is 147 Å². The number of hydrogen-bond donors (Lipinski definition) is 1. The molecule has 2 amide bonds. The van der Waals surface area contributed by atoms with Crippen molar-refractivity contribution < 1.29 is 9.59 Å². The Balaban J connectivity index is 1.67. The summed E-state index contributed by atoms with van der Waals surface area (Å²) in [7, 11) is 0. The minimum absolute atomic E-state index is 0.0513. The van der Waals surface area contributed by atoms with E-state index in [0.717, 1.165) is 12.0 Å². The van der Waals surface area contributed by atoms with Gasteiger partial charge >= 0.3 is 0 Å². The second kappa shape index (κ2) is 6.03. The molecule has 25 heavy (non-hydrogen) atoms. The number of carbonyl (C=O) groups excluding carboxylic acids is 2. The molecule has 0 saturated carbocycles. The number of fused-ring (bicyclic) bond motifs is 2. The van der Waals surface area contributed by atoms with Crippen LogP contribution >= 0.6 is 0 Å². The number of hydrogen-bond acceptors (Lipinski definition) is 2. The van der Waals surface area contributed by atoms with Gasteiger partial charge in [-0.1, -0.05) is 38.1 Å². The van der Waals surface area contributed by atoms with E-state index in [0.29, 0.717) is 30.1 Å². The zero-order valence-electron chi connectivity index (χ0n) is 14.6. The van der Waals surface area contributed by atoms with Crippen molar-refractivity contribution in [2.75, 3.05) is 0 Å². The molecule has 0 aromatic heterocycles. The van der Waals surface area contributed by atoms with Gasteiger partial charge in [0.2, 0.25) is 0 Å². The normalized spacial score (nSPS) is 18.8. The van der Waals surface area contributed by atoms with Gasteiger partial charge in [-0.2, -0.15) is 0 Å². The number of nitrogens with one attached hydrogen (secondary N) is 1. The minimum Gasteiger partial charge on any atom is -0.348 e. The Morgan fingerprint density at radius 1 is 1.12 bits per heavy atom. The maximum Gasteiger partial charge on any atom is 0.254 e. The first-order valence-corrected chi connectivity index (χ1v) is 8.83. The lowest BCUT2D eigenvalue weighted by atomic mass is 9.87. The summed E-state index contributed by atoms with van der Waals surface area (Å²) >= 11 is 0. The Bertz CT molecular complexity index is 857. The Hall–Kier alpha value is -2.62. The van der Waals surface area contributed by atoms with Crippen molar-refractivity contribution in [2.24, 2.45) is 5.92 Å². The second-order valence-electron chi connectivity index (χ2n) is 7.27. The molecule has 2 aromatic carbocycles. The van der Waals surface area contributed by atoms with Gasteiger partial charge in [-0.25, -0.2) is 0 Å². The zero-order valence-corrected chi connectivity index (χ0v) is 14.6. The van der Waals surface area contributed by atoms with E-state index in [1.807, 2.05) is 17.0 Å². The molecule has 2 aliphatic heterocycles. The Morgan fingerprint density at radius 2 is 1.88 bits per heavy atom. The highest BCUT2D eigenvalue weighted by Crippen LogP contribution is 2.29. The molecule has 0 bridgehead atoms. The molecule has 0 unspecified atom stereocenters. The standard InChI is InChI=1S/C21H22N2O2/c1-13(2)19-10-14-5-3-4-6-16(14)12-23(19)21(25)15-7-8-18-17(9-15)11-22-20(18)24/h3-9,13,19H,10-12H2,1-2H3,(H,22,24)/t19-/m1/s1. The fourth-order valence-electron chi connectivity index (χ4n) is 3.90. The molecule has 128 valence electrons. The lowest BCUT2D eigenvalue weighted by Crippen LogP contribution is -2.47. The second-order valence-corrected chi connectivity index (χ2v) is 7.27. The van der Waals surface area contributed by atoms with Crippen molar-refractivity contribution in [3.05, 3.63) is 70.3 Å². The van der Waals surface area contributed by atoms with Crippen LogP contribution in [-0.2, 0) is 19.5 Å². The highest BCUT2D eigenvalue weighted by Gasteiger charge is 2.32. The van der Waals surface area contributed by atoms with Gasteiger partial charge in [0, 0.05) is 30.3 Å². The molecule has 4 rings (SSSR count). The third-order valence-electron chi connectivity index (χ3n) is 5.36. The molecule has 2 aromatic rings. The van der Waals surface area contributed by atoms with Crippen LogP contribution in [0.15, 0.2) is 42.5 Å². The number of amides is 2. The largest absolute Gasteiger partial charge is 0.348 e. The summed E-state index contributed by atoms with van der Waals surface area (Å²) in [6.45, 7) is 5.49. The predicted octanol–water partition coefficient (Wildman–Crippen LogP) is 3.15. The Kier molecular flexibility index (Phi) is 3.83. The van der Waals surface area contributed by atoms with E-state index in [-0.39, 0.29) is 17.9 Å².